The van der Waals surface area contributed by atoms with Crippen LogP contribution in [0.1, 0.15) is 15.2 Å². The molecular formula is C7H18N2. The lowest BCUT2D eigenvalue weighted by atomic mass is 10.6. The summed E-state index contributed by atoms with van der Waals surface area (Å²) >= 11 is 0. The van der Waals surface area contributed by atoms with Crippen LogP contribution < -0.4 is 0 Å². The molecule has 0 aromatic rings. The lowest BCUT2D eigenvalue weighted by Gasteiger charge is -2.21. The van der Waals surface area contributed by atoms with E-state index in [4.69, 9.17) is 1.37 Å². The Balaban J connectivity index is 3.41. The molecule has 0 saturated heterocycles. The van der Waals surface area contributed by atoms with Crippen molar-refractivity contribution in [3.8, 4) is 0 Å². The van der Waals surface area contributed by atoms with Gasteiger partial charge in [-0.1, -0.05) is 13.8 Å². The Morgan fingerprint density at radius 3 is 2.11 bits per heavy atom. The first-order chi connectivity index (χ1) is 4.74. The maximum atomic E-state index is 7.13. The fourth-order valence-corrected chi connectivity index (χ4v) is 0.541. The third-order valence-corrected chi connectivity index (χ3v) is 1.43. The van der Waals surface area contributed by atoms with Gasteiger partial charge < -0.3 is 0 Å². The van der Waals surface area contributed by atoms with Gasteiger partial charge >= 0.3 is 0 Å². The molecule has 0 fully saturated rings. The van der Waals surface area contributed by atoms with Crippen LogP contribution in [0.4, 0.5) is 0 Å². The van der Waals surface area contributed by atoms with Crippen molar-refractivity contribution in [2.45, 2.75) is 13.8 Å². The lowest BCUT2D eigenvalue weighted by Crippen LogP contribution is -2.32. The summed E-state index contributed by atoms with van der Waals surface area (Å²) in [5.41, 5.74) is 0. The second kappa shape index (κ2) is 4.77. The number of rotatable bonds is 4. The third kappa shape index (κ3) is 4.43. The normalized spacial score (nSPS) is 12.8. The van der Waals surface area contributed by atoms with Crippen molar-refractivity contribution in [2.75, 3.05) is 33.8 Å². The molecule has 0 amide bonds. The highest BCUT2D eigenvalue weighted by molar-refractivity contribution is 4.46. The van der Waals surface area contributed by atoms with Crippen molar-refractivity contribution in [1.29, 1.82) is 0 Å². The molecule has 56 valence electrons. The highest BCUT2D eigenvalue weighted by atomic mass is 15.3. The molecule has 0 aromatic carbocycles. The summed E-state index contributed by atoms with van der Waals surface area (Å²) in [4.78, 5) is 4.27. The summed E-state index contributed by atoms with van der Waals surface area (Å²) in [6, 6.07) is 0. The van der Waals surface area contributed by atoms with Gasteiger partial charge in [0.1, 0.15) is 0 Å². The molecule has 0 atom stereocenters. The quantitative estimate of drug-likeness (QED) is 0.523. The molecule has 0 bridgehead atoms. The van der Waals surface area contributed by atoms with Crippen molar-refractivity contribution in [1.82, 2.24) is 9.80 Å². The molecule has 0 N–H and O–H groups in total. The summed E-state index contributed by atoms with van der Waals surface area (Å²) in [5.74, 6) is 0. The van der Waals surface area contributed by atoms with Gasteiger partial charge in [0.2, 0.25) is 0 Å². The van der Waals surface area contributed by atoms with E-state index in [2.05, 4.69) is 30.7 Å². The monoisotopic (exact) mass is 132 g/mol. The first-order valence-electron chi connectivity index (χ1n) is 4.15. The van der Waals surface area contributed by atoms with E-state index in [0.29, 0.717) is 7.02 Å². The van der Waals surface area contributed by atoms with Gasteiger partial charge in [-0.15, -0.1) is 0 Å². The zero-order valence-corrected chi connectivity index (χ0v) is 6.72. The van der Waals surface area contributed by atoms with Crippen LogP contribution in [-0.4, -0.2) is 43.6 Å². The molecule has 0 aliphatic carbocycles. The predicted molar refractivity (Wildman–Crippen MR) is 41.5 cm³/mol. The highest BCUT2D eigenvalue weighted by Gasteiger charge is 1.96. The minimum Gasteiger partial charge on any atom is -0.294 e. The van der Waals surface area contributed by atoms with Crippen molar-refractivity contribution < 1.29 is 1.37 Å². The van der Waals surface area contributed by atoms with Crippen LogP contribution in [-0.2, 0) is 0 Å². The minimum atomic E-state index is 0.404. The largest absolute Gasteiger partial charge is 0.294 e. The van der Waals surface area contributed by atoms with Crippen LogP contribution in [0.5, 0.6) is 0 Å². The molecule has 0 unspecified atom stereocenters. The van der Waals surface area contributed by atoms with E-state index >= 15 is 0 Å². The number of hydrogen-bond donors (Lipinski definition) is 0. The Labute approximate surface area is 59.9 Å². The van der Waals surface area contributed by atoms with E-state index in [-0.39, 0.29) is 0 Å². The Hall–Kier alpha value is -0.0800. The van der Waals surface area contributed by atoms with Crippen LogP contribution in [0.25, 0.3) is 0 Å². The van der Waals surface area contributed by atoms with E-state index in [1.54, 1.807) is 0 Å². The van der Waals surface area contributed by atoms with E-state index in [1.165, 1.54) is 0 Å². The molecular weight excluding hydrogens is 112 g/mol. The zero-order valence-electron chi connectivity index (χ0n) is 7.72. The van der Waals surface area contributed by atoms with E-state index in [9.17, 15) is 0 Å². The molecule has 0 aliphatic rings. The molecule has 0 heterocycles. The van der Waals surface area contributed by atoms with Crippen LogP contribution in [0.3, 0.4) is 0 Å². The van der Waals surface area contributed by atoms with E-state index in [0.717, 1.165) is 19.8 Å². The Morgan fingerprint density at radius 1 is 1.22 bits per heavy atom. The van der Waals surface area contributed by atoms with Gasteiger partial charge in [-0.05, 0) is 27.2 Å². The molecule has 0 saturated carbocycles. The van der Waals surface area contributed by atoms with Gasteiger partial charge in [0.15, 0.2) is 0 Å². The van der Waals surface area contributed by atoms with Crippen molar-refractivity contribution in [2.24, 2.45) is 0 Å². The Bertz CT molecular complexity index is 74.0. The van der Waals surface area contributed by atoms with Gasteiger partial charge in [0, 0.05) is 8.04 Å². The fraction of sp³-hybridized carbons (Fsp3) is 1.00. The average molecular weight is 132 g/mol. The maximum absolute atomic E-state index is 7.13. The second-order valence-electron chi connectivity index (χ2n) is 2.30. The van der Waals surface area contributed by atoms with Gasteiger partial charge in [-0.2, -0.15) is 0 Å². The van der Waals surface area contributed by atoms with E-state index in [1.807, 2.05) is 0 Å². The van der Waals surface area contributed by atoms with Crippen LogP contribution >= 0.6 is 0 Å². The van der Waals surface area contributed by atoms with Crippen LogP contribution in [0, 0.1) is 0 Å². The maximum Gasteiger partial charge on any atom is 0.0500 e. The molecule has 0 spiro atoms. The molecule has 2 heteroatoms. The minimum absolute atomic E-state index is 0.404. The summed E-state index contributed by atoms with van der Waals surface area (Å²) < 4.78 is 7.13. The molecule has 0 rings (SSSR count). The summed E-state index contributed by atoms with van der Waals surface area (Å²) in [6.45, 7) is 7.14. The van der Waals surface area contributed by atoms with Crippen molar-refractivity contribution in [3.63, 3.8) is 0 Å². The van der Waals surface area contributed by atoms with Gasteiger partial charge in [0.25, 0.3) is 0 Å². The standard InChI is InChI=1S/C7H18N2/c1-5-8(3)7-9(4)6-2/h5-7H2,1-4H3/i3T. The summed E-state index contributed by atoms with van der Waals surface area (Å²) in [6.07, 6.45) is 0. The third-order valence-electron chi connectivity index (χ3n) is 1.43. The Morgan fingerprint density at radius 2 is 1.78 bits per heavy atom. The first kappa shape index (κ1) is 7.03. The second-order valence-corrected chi connectivity index (χ2v) is 2.30. The number of nitrogens with zero attached hydrogens (tertiary/aromatic N) is 2. The fourth-order valence-electron chi connectivity index (χ4n) is 0.541. The number of hydrogen-bond acceptors (Lipinski definition) is 2. The molecule has 2 nitrogen and oxygen atoms in total. The van der Waals surface area contributed by atoms with Gasteiger partial charge in [-0.3, -0.25) is 9.80 Å². The van der Waals surface area contributed by atoms with Crippen molar-refractivity contribution in [3.05, 3.63) is 0 Å². The van der Waals surface area contributed by atoms with Crippen LogP contribution in [0.2, 0.25) is 0 Å². The summed E-state index contributed by atoms with van der Waals surface area (Å²) in [7, 11) is 2.47. The predicted octanol–water partition coefficient (Wildman–Crippen LogP) is 0.847. The highest BCUT2D eigenvalue weighted by Crippen LogP contribution is 1.84. The molecule has 0 aromatic heterocycles. The lowest BCUT2D eigenvalue weighted by molar-refractivity contribution is 0.196. The van der Waals surface area contributed by atoms with Gasteiger partial charge in [0.05, 0.1) is 0 Å². The van der Waals surface area contributed by atoms with E-state index < -0.39 is 0 Å². The molecule has 9 heavy (non-hydrogen) atoms. The average Bonchev–Trinajstić information content (AvgIpc) is 1.99. The van der Waals surface area contributed by atoms with Crippen molar-refractivity contribution >= 4 is 0 Å². The molecule has 0 aliphatic heterocycles. The topological polar surface area (TPSA) is 6.48 Å². The molecule has 0 radical (unpaired) electrons. The van der Waals surface area contributed by atoms with Gasteiger partial charge in [-0.25, -0.2) is 0 Å². The Kier molecular flexibility index (Phi) is 3.72. The SMILES string of the molecule is [3H]CN(CC)CN(C)CC. The summed E-state index contributed by atoms with van der Waals surface area (Å²) in [5, 5.41) is 0. The zero-order chi connectivity index (χ0) is 7.98. The smallest absolute Gasteiger partial charge is 0.0500 e. The van der Waals surface area contributed by atoms with Crippen LogP contribution in [0.15, 0.2) is 0 Å². The first-order valence-corrected chi connectivity index (χ1v) is 3.44.